The van der Waals surface area contributed by atoms with E-state index >= 15 is 0 Å². The van der Waals surface area contributed by atoms with Gasteiger partial charge in [0.1, 0.15) is 0 Å². The lowest BCUT2D eigenvalue weighted by Crippen LogP contribution is -2.30. The van der Waals surface area contributed by atoms with Gasteiger partial charge in [-0.05, 0) is 94.3 Å². The fraction of sp³-hybridized carbons (Fsp3) is 0.640. The van der Waals surface area contributed by atoms with E-state index in [1.165, 1.54) is 12.1 Å². The lowest BCUT2D eigenvalue weighted by atomic mass is 9.69. The van der Waals surface area contributed by atoms with Crippen molar-refractivity contribution in [1.29, 1.82) is 0 Å². The summed E-state index contributed by atoms with van der Waals surface area (Å²) in [6, 6.07) is 2.48. The van der Waals surface area contributed by atoms with Crippen LogP contribution in [0.3, 0.4) is 0 Å². The molecule has 32 heavy (non-hydrogen) atoms. The lowest BCUT2D eigenvalue weighted by molar-refractivity contribution is -0.140. The summed E-state index contributed by atoms with van der Waals surface area (Å²) in [5, 5.41) is 0. The summed E-state index contributed by atoms with van der Waals surface area (Å²) >= 11 is 0. The van der Waals surface area contributed by atoms with E-state index in [1.54, 1.807) is 13.0 Å². The van der Waals surface area contributed by atoms with Crippen LogP contribution in [0.2, 0.25) is 0 Å². The number of rotatable bonds is 8. The van der Waals surface area contributed by atoms with Crippen LogP contribution >= 0.6 is 0 Å². The molecule has 2 aliphatic rings. The molecule has 0 unspecified atom stereocenters. The maximum Gasteiger partial charge on any atom is 0.314 e. The molecule has 3 nitrogen and oxygen atoms in total. The van der Waals surface area contributed by atoms with E-state index in [0.29, 0.717) is 24.7 Å². The molecule has 178 valence electrons. The summed E-state index contributed by atoms with van der Waals surface area (Å²) in [5.41, 5.74) is 0. The Labute approximate surface area is 187 Å². The number of ether oxygens (including phenoxy) is 2. The number of benzene rings is 1. The normalized spacial score (nSPS) is 26.6. The Hall–Kier alpha value is -2.05. The van der Waals surface area contributed by atoms with Crippen molar-refractivity contribution in [2.24, 2.45) is 23.7 Å². The molecule has 0 radical (unpaired) electrons. The highest BCUT2D eigenvalue weighted by Gasteiger charge is 2.34. The molecule has 1 aromatic carbocycles. The Morgan fingerprint density at radius 2 is 1.53 bits per heavy atom. The number of carbonyl (C=O) groups excluding carboxylic acids is 1. The fourth-order valence-corrected chi connectivity index (χ4v) is 5.09. The summed E-state index contributed by atoms with van der Waals surface area (Å²) in [6.07, 6.45) is 8.41. The fourth-order valence-electron chi connectivity index (χ4n) is 5.09. The molecule has 3 rings (SSSR count). The van der Waals surface area contributed by atoms with Crippen molar-refractivity contribution in [2.45, 2.75) is 64.7 Å². The van der Waals surface area contributed by atoms with Crippen LogP contribution in [0.15, 0.2) is 24.0 Å². The van der Waals surface area contributed by atoms with Crippen LogP contribution in [-0.2, 0) is 4.79 Å². The van der Waals surface area contributed by atoms with Gasteiger partial charge in [0.05, 0.1) is 25.0 Å². The first-order valence-electron chi connectivity index (χ1n) is 11.7. The van der Waals surface area contributed by atoms with Gasteiger partial charge in [-0.25, -0.2) is 4.39 Å². The van der Waals surface area contributed by atoms with Gasteiger partial charge in [0.25, 0.3) is 0 Å². The van der Waals surface area contributed by atoms with Crippen molar-refractivity contribution < 1.29 is 31.8 Å². The number of halogens is 4. The summed E-state index contributed by atoms with van der Waals surface area (Å²) in [7, 11) is 0. The average Bonchev–Trinajstić information content (AvgIpc) is 2.79. The second-order valence-electron chi connectivity index (χ2n) is 8.88. The minimum atomic E-state index is -1.22. The van der Waals surface area contributed by atoms with E-state index in [-0.39, 0.29) is 36.4 Å². The molecule has 2 aliphatic carbocycles. The first-order valence-corrected chi connectivity index (χ1v) is 11.7. The molecule has 0 saturated heterocycles. The zero-order valence-corrected chi connectivity index (χ0v) is 18.6. The molecule has 0 aliphatic heterocycles. The highest BCUT2D eigenvalue weighted by atomic mass is 19.2. The maximum atomic E-state index is 14.2. The average molecular weight is 457 g/mol. The smallest absolute Gasteiger partial charge is 0.314 e. The van der Waals surface area contributed by atoms with Crippen LogP contribution in [0, 0.1) is 35.3 Å². The summed E-state index contributed by atoms with van der Waals surface area (Å²) < 4.78 is 64.2. The van der Waals surface area contributed by atoms with Crippen LogP contribution in [0.5, 0.6) is 11.5 Å². The predicted octanol–water partition coefficient (Wildman–Crippen LogP) is 7.09. The molecule has 0 N–H and O–H groups in total. The molecule has 0 aromatic heterocycles. The summed E-state index contributed by atoms with van der Waals surface area (Å²) in [4.78, 5) is 12.5. The zero-order chi connectivity index (χ0) is 23.1. The van der Waals surface area contributed by atoms with E-state index in [0.717, 1.165) is 38.5 Å². The quantitative estimate of drug-likeness (QED) is 0.238. The highest BCUT2D eigenvalue weighted by molar-refractivity contribution is 5.75. The Morgan fingerprint density at radius 3 is 2.12 bits per heavy atom. The molecular formula is C25H32F4O3. The van der Waals surface area contributed by atoms with Crippen molar-refractivity contribution >= 4 is 5.97 Å². The number of esters is 1. The standard InChI is InChI=1S/C25H32F4O3/c1-2-31-21-11-12-22(24(29)23(21)28)32-25(30)19-9-7-18(8-10-19)17-5-3-16(4-6-17)15-20(27)13-14-26/h11-12,15-19H,2-10,13-14H2,1H3. The van der Waals surface area contributed by atoms with Crippen molar-refractivity contribution in [3.05, 3.63) is 35.7 Å². The highest BCUT2D eigenvalue weighted by Crippen LogP contribution is 2.42. The second-order valence-corrected chi connectivity index (χ2v) is 8.88. The molecular weight excluding hydrogens is 424 g/mol. The van der Waals surface area contributed by atoms with Crippen molar-refractivity contribution in [3.63, 3.8) is 0 Å². The minimum absolute atomic E-state index is 0.132. The van der Waals surface area contributed by atoms with E-state index in [9.17, 15) is 22.4 Å². The number of hydrogen-bond acceptors (Lipinski definition) is 3. The SMILES string of the molecule is CCOc1ccc(OC(=O)C2CCC(C3CCC(C=C(F)CCF)CC3)CC2)c(F)c1F. The van der Waals surface area contributed by atoms with E-state index in [1.807, 2.05) is 0 Å². The molecule has 0 bridgehead atoms. The number of alkyl halides is 1. The molecule has 0 atom stereocenters. The second kappa shape index (κ2) is 11.7. The predicted molar refractivity (Wildman–Crippen MR) is 114 cm³/mol. The van der Waals surface area contributed by atoms with E-state index in [2.05, 4.69) is 0 Å². The van der Waals surface area contributed by atoms with Crippen LogP contribution in [0.25, 0.3) is 0 Å². The number of allylic oxidation sites excluding steroid dienone is 2. The monoisotopic (exact) mass is 456 g/mol. The van der Waals surface area contributed by atoms with Gasteiger partial charge in [0, 0.05) is 6.42 Å². The van der Waals surface area contributed by atoms with Gasteiger partial charge in [0.2, 0.25) is 11.6 Å². The van der Waals surface area contributed by atoms with Gasteiger partial charge >= 0.3 is 5.97 Å². The summed E-state index contributed by atoms with van der Waals surface area (Å²) in [6.45, 7) is 1.20. The third kappa shape index (κ3) is 6.26. The largest absolute Gasteiger partial charge is 0.491 e. The van der Waals surface area contributed by atoms with Gasteiger partial charge in [-0.3, -0.25) is 9.18 Å². The Morgan fingerprint density at radius 1 is 0.969 bits per heavy atom. The van der Waals surface area contributed by atoms with Crippen LogP contribution in [0.1, 0.15) is 64.7 Å². The van der Waals surface area contributed by atoms with Gasteiger partial charge in [-0.1, -0.05) is 0 Å². The van der Waals surface area contributed by atoms with E-state index < -0.39 is 30.0 Å². The lowest BCUT2D eigenvalue weighted by Gasteiger charge is -2.36. The molecule has 0 amide bonds. The van der Waals surface area contributed by atoms with Gasteiger partial charge < -0.3 is 9.47 Å². The van der Waals surface area contributed by atoms with Crippen LogP contribution < -0.4 is 9.47 Å². The Bertz CT molecular complexity index is 795. The maximum absolute atomic E-state index is 14.2. The number of carbonyl (C=O) groups is 1. The van der Waals surface area contributed by atoms with Gasteiger partial charge in [-0.15, -0.1) is 0 Å². The molecule has 2 fully saturated rings. The molecule has 1 aromatic rings. The zero-order valence-electron chi connectivity index (χ0n) is 18.6. The Balaban J connectivity index is 1.46. The number of hydrogen-bond donors (Lipinski definition) is 0. The van der Waals surface area contributed by atoms with Crippen molar-refractivity contribution in [1.82, 2.24) is 0 Å². The molecule has 7 heteroatoms. The molecule has 2 saturated carbocycles. The van der Waals surface area contributed by atoms with E-state index in [4.69, 9.17) is 9.47 Å². The molecule has 0 heterocycles. The van der Waals surface area contributed by atoms with Crippen molar-refractivity contribution in [2.75, 3.05) is 13.3 Å². The minimum Gasteiger partial charge on any atom is -0.491 e. The first-order chi connectivity index (χ1) is 15.4. The van der Waals surface area contributed by atoms with Gasteiger partial charge in [-0.2, -0.15) is 8.78 Å². The van der Waals surface area contributed by atoms with Crippen LogP contribution in [-0.4, -0.2) is 19.3 Å². The van der Waals surface area contributed by atoms with Crippen molar-refractivity contribution in [3.8, 4) is 11.5 Å². The Kier molecular flexibility index (Phi) is 9.00. The summed E-state index contributed by atoms with van der Waals surface area (Å²) in [5.74, 6) is -2.93. The third-order valence-electron chi connectivity index (χ3n) is 6.86. The molecule has 0 spiro atoms. The van der Waals surface area contributed by atoms with Crippen LogP contribution in [0.4, 0.5) is 17.6 Å². The first kappa shape index (κ1) is 24.6. The van der Waals surface area contributed by atoms with Gasteiger partial charge in [0.15, 0.2) is 11.5 Å². The third-order valence-corrected chi connectivity index (χ3v) is 6.86. The topological polar surface area (TPSA) is 35.5 Å².